The average molecular weight is 617 g/mol. The molecule has 2 saturated heterocycles. The third-order valence-corrected chi connectivity index (χ3v) is 8.93. The van der Waals surface area contributed by atoms with E-state index in [1.54, 1.807) is 11.8 Å². The van der Waals surface area contributed by atoms with Gasteiger partial charge >= 0.3 is 18.4 Å². The van der Waals surface area contributed by atoms with E-state index in [2.05, 4.69) is 10.2 Å². The van der Waals surface area contributed by atoms with E-state index in [-0.39, 0.29) is 36.5 Å². The summed E-state index contributed by atoms with van der Waals surface area (Å²) in [6, 6.07) is 4.60. The number of piperazine rings is 1. The van der Waals surface area contributed by atoms with Gasteiger partial charge < -0.3 is 15.1 Å². The molecule has 0 aromatic heterocycles. The fourth-order valence-corrected chi connectivity index (χ4v) is 6.70. The molecule has 2 fully saturated rings. The van der Waals surface area contributed by atoms with Gasteiger partial charge in [-0.05, 0) is 66.8 Å². The van der Waals surface area contributed by atoms with Crippen molar-refractivity contribution in [3.8, 4) is 0 Å². The highest BCUT2D eigenvalue weighted by Crippen LogP contribution is 2.51. The van der Waals surface area contributed by atoms with Gasteiger partial charge in [0.25, 0.3) is 0 Å². The molecule has 0 bridgehead atoms. The Hall–Kier alpha value is -3.35. The number of hydrogen-bond donors (Lipinski definition) is 1. The van der Waals surface area contributed by atoms with Crippen LogP contribution in [0.25, 0.3) is 0 Å². The number of alkyl halides is 6. The molecule has 2 aliphatic heterocycles. The van der Waals surface area contributed by atoms with Crippen molar-refractivity contribution in [1.82, 2.24) is 20.0 Å². The summed E-state index contributed by atoms with van der Waals surface area (Å²) < 4.78 is 97.8. The first kappa shape index (κ1) is 32.6. The van der Waals surface area contributed by atoms with E-state index in [4.69, 9.17) is 0 Å². The second-order valence-electron chi connectivity index (χ2n) is 11.3. The van der Waals surface area contributed by atoms with E-state index in [9.17, 15) is 40.3 Å². The number of hydrogen-bond acceptors (Lipinski definition) is 3. The Balaban J connectivity index is 1.93. The van der Waals surface area contributed by atoms with Crippen LogP contribution in [0, 0.1) is 12.7 Å². The highest BCUT2D eigenvalue weighted by atomic mass is 19.4. The van der Waals surface area contributed by atoms with Crippen LogP contribution in [0.15, 0.2) is 36.4 Å². The summed E-state index contributed by atoms with van der Waals surface area (Å²) in [5.41, 5.74) is -3.76. The molecule has 43 heavy (non-hydrogen) atoms. The number of nitrogens with zero attached hydrogens (tertiary/aromatic N) is 3. The molecule has 0 unspecified atom stereocenters. The number of nitrogens with one attached hydrogen (secondary N) is 1. The van der Waals surface area contributed by atoms with E-state index in [1.165, 1.54) is 44.0 Å². The Morgan fingerprint density at radius 3 is 2.00 bits per heavy atom. The summed E-state index contributed by atoms with van der Waals surface area (Å²) in [6.45, 7) is 6.70. The van der Waals surface area contributed by atoms with Crippen LogP contribution in [0.5, 0.6) is 0 Å². The molecule has 0 saturated carbocycles. The van der Waals surface area contributed by atoms with Crippen LogP contribution in [0.4, 0.5) is 35.5 Å². The lowest BCUT2D eigenvalue weighted by Gasteiger charge is -2.56. The lowest BCUT2D eigenvalue weighted by atomic mass is 9.66. The molecule has 0 radical (unpaired) electrons. The number of halogens is 7. The van der Waals surface area contributed by atoms with Gasteiger partial charge in [-0.2, -0.15) is 26.3 Å². The number of rotatable bonds is 4. The quantitative estimate of drug-likeness (QED) is 0.420. The zero-order valence-electron chi connectivity index (χ0n) is 24.4. The molecule has 0 spiro atoms. The third kappa shape index (κ3) is 6.46. The Kier molecular flexibility index (Phi) is 9.07. The molecule has 2 aromatic carbocycles. The fraction of sp³-hybridized carbons (Fsp3) is 0.533. The number of amides is 3. The van der Waals surface area contributed by atoms with Crippen molar-refractivity contribution in [1.29, 1.82) is 0 Å². The van der Waals surface area contributed by atoms with Crippen molar-refractivity contribution in [2.75, 3.05) is 39.8 Å². The first-order valence-electron chi connectivity index (χ1n) is 14.0. The Morgan fingerprint density at radius 2 is 1.51 bits per heavy atom. The third-order valence-electron chi connectivity index (χ3n) is 8.93. The van der Waals surface area contributed by atoms with Gasteiger partial charge in [-0.25, -0.2) is 9.18 Å². The second kappa shape index (κ2) is 12.0. The summed E-state index contributed by atoms with van der Waals surface area (Å²) in [7, 11) is 1.40. The molecule has 236 valence electrons. The van der Waals surface area contributed by atoms with Crippen LogP contribution in [-0.4, -0.2) is 72.5 Å². The number of urea groups is 1. The Bertz CT molecular complexity index is 1320. The number of benzene rings is 2. The van der Waals surface area contributed by atoms with Gasteiger partial charge in [-0.15, -0.1) is 0 Å². The number of carbonyl (C=O) groups is 2. The Morgan fingerprint density at radius 1 is 0.930 bits per heavy atom. The predicted molar refractivity (Wildman–Crippen MR) is 146 cm³/mol. The summed E-state index contributed by atoms with van der Waals surface area (Å²) in [5, 5.41) is 2.58. The van der Waals surface area contributed by atoms with Gasteiger partial charge in [0.1, 0.15) is 5.82 Å². The molecular formula is C30H35F7N4O2. The maximum absolute atomic E-state index is 14.3. The van der Waals surface area contributed by atoms with Crippen LogP contribution >= 0.6 is 0 Å². The van der Waals surface area contributed by atoms with Gasteiger partial charge in [-0.1, -0.05) is 13.0 Å². The molecular weight excluding hydrogens is 581 g/mol. The molecule has 4 rings (SSSR count). The molecule has 6 nitrogen and oxygen atoms in total. The molecule has 2 aromatic rings. The maximum Gasteiger partial charge on any atom is 0.416 e. The summed E-state index contributed by atoms with van der Waals surface area (Å²) in [4.78, 5) is 30.7. The molecule has 2 heterocycles. The molecule has 3 atom stereocenters. The minimum atomic E-state index is -5.05. The summed E-state index contributed by atoms with van der Waals surface area (Å²) in [5.74, 6) is -1.72. The van der Waals surface area contributed by atoms with Gasteiger partial charge in [0.05, 0.1) is 16.7 Å². The van der Waals surface area contributed by atoms with Crippen LogP contribution in [-0.2, 0) is 22.7 Å². The summed E-state index contributed by atoms with van der Waals surface area (Å²) >= 11 is 0. The lowest BCUT2D eigenvalue weighted by molar-refractivity contribution is -0.143. The van der Waals surface area contributed by atoms with Crippen molar-refractivity contribution in [2.45, 2.75) is 63.5 Å². The standard InChI is InChI=1S/C30H35F7N4O2/c1-18-13-24(31)5-6-26(18)28(19(2)21-14-22(29(32,33)34)16-23(15-21)30(35,36)37)17-25(7-8-41(28)27(43)38-4)40-11-9-39(10-12-40)20(3)42/h5-6,13-16,19,25H,7-12,17H2,1-4H3,(H,38,43)/t19-,25+,28-/m1/s1. The normalized spacial score (nSPS) is 22.8. The number of likely N-dealkylation sites (tertiary alicyclic amines) is 1. The SMILES string of the molecule is CNC(=O)N1CC[C@H](N2CCN(C(C)=O)CC2)C[C@]1(c1ccc(F)cc1C)[C@H](C)c1cc(C(F)(F)F)cc(C(F)(F)F)c1. The number of carbonyl (C=O) groups excluding carboxylic acids is 2. The number of piperidine rings is 1. The lowest BCUT2D eigenvalue weighted by Crippen LogP contribution is -2.63. The average Bonchev–Trinajstić information content (AvgIpc) is 2.95. The minimum Gasteiger partial charge on any atom is -0.341 e. The monoisotopic (exact) mass is 616 g/mol. The smallest absolute Gasteiger partial charge is 0.341 e. The van der Waals surface area contributed by atoms with Crippen molar-refractivity contribution in [2.24, 2.45) is 0 Å². The topological polar surface area (TPSA) is 55.9 Å². The zero-order valence-corrected chi connectivity index (χ0v) is 24.4. The van der Waals surface area contributed by atoms with E-state index >= 15 is 0 Å². The highest BCUT2D eigenvalue weighted by molar-refractivity contribution is 5.76. The zero-order chi connectivity index (χ0) is 31.9. The van der Waals surface area contributed by atoms with Crippen molar-refractivity contribution < 1.29 is 40.3 Å². The largest absolute Gasteiger partial charge is 0.416 e. The highest BCUT2D eigenvalue weighted by Gasteiger charge is 2.52. The van der Waals surface area contributed by atoms with Crippen LogP contribution in [0.1, 0.15) is 60.4 Å². The van der Waals surface area contributed by atoms with Crippen LogP contribution < -0.4 is 5.32 Å². The maximum atomic E-state index is 14.3. The first-order chi connectivity index (χ1) is 20.0. The van der Waals surface area contributed by atoms with Crippen molar-refractivity contribution >= 4 is 11.9 Å². The molecule has 13 heteroatoms. The summed E-state index contributed by atoms with van der Waals surface area (Å²) in [6.07, 6.45) is -9.47. The molecule has 3 amide bonds. The van der Waals surface area contributed by atoms with Gasteiger partial charge in [0.15, 0.2) is 0 Å². The van der Waals surface area contributed by atoms with Crippen molar-refractivity contribution in [3.05, 3.63) is 70.0 Å². The molecule has 2 aliphatic rings. The predicted octanol–water partition coefficient (Wildman–Crippen LogP) is 6.14. The minimum absolute atomic E-state index is 0.0657. The molecule has 0 aliphatic carbocycles. The van der Waals surface area contributed by atoms with Gasteiger partial charge in [0.2, 0.25) is 5.91 Å². The van der Waals surface area contributed by atoms with Gasteiger partial charge in [-0.3, -0.25) is 9.69 Å². The van der Waals surface area contributed by atoms with Crippen LogP contribution in [0.3, 0.4) is 0 Å². The van der Waals surface area contributed by atoms with Gasteiger partial charge in [0, 0.05) is 58.7 Å². The Labute approximate surface area is 245 Å². The fourth-order valence-electron chi connectivity index (χ4n) is 6.70. The van der Waals surface area contributed by atoms with E-state index in [0.717, 1.165) is 0 Å². The van der Waals surface area contributed by atoms with E-state index in [0.29, 0.717) is 55.9 Å². The second-order valence-corrected chi connectivity index (χ2v) is 11.3. The van der Waals surface area contributed by atoms with E-state index in [1.807, 2.05) is 0 Å². The first-order valence-corrected chi connectivity index (χ1v) is 14.0. The number of aryl methyl sites for hydroxylation is 1. The molecule has 1 N–H and O–H groups in total. The van der Waals surface area contributed by atoms with E-state index < -0.39 is 46.8 Å². The van der Waals surface area contributed by atoms with Crippen molar-refractivity contribution in [3.63, 3.8) is 0 Å². The van der Waals surface area contributed by atoms with Crippen LogP contribution in [0.2, 0.25) is 0 Å².